The molecule has 0 fully saturated rings. The van der Waals surface area contributed by atoms with Gasteiger partial charge < -0.3 is 5.11 Å². The number of benzene rings is 2. The highest BCUT2D eigenvalue weighted by Crippen LogP contribution is 2.39. The van der Waals surface area contributed by atoms with Crippen molar-refractivity contribution in [3.8, 4) is 0 Å². The van der Waals surface area contributed by atoms with Crippen LogP contribution in [0, 0.1) is 0 Å². The number of nitrogens with zero attached hydrogens (tertiary/aromatic N) is 1. The highest BCUT2D eigenvalue weighted by Gasteiger charge is 2.34. The predicted molar refractivity (Wildman–Crippen MR) is 84.1 cm³/mol. The van der Waals surface area contributed by atoms with Crippen LogP contribution in [0.5, 0.6) is 0 Å². The minimum Gasteiger partial charge on any atom is -0.385 e. The fraction of sp³-hybridized carbons (Fsp3) is 0.211. The molecule has 21 heavy (non-hydrogen) atoms. The Hall–Kier alpha value is -2.19. The quantitative estimate of drug-likeness (QED) is 0.736. The molecule has 2 nitrogen and oxygen atoms in total. The maximum Gasteiger partial charge on any atom is 0.0946 e. The third kappa shape index (κ3) is 2.03. The third-order valence-electron chi connectivity index (χ3n) is 4.59. The van der Waals surface area contributed by atoms with Gasteiger partial charge >= 0.3 is 0 Å². The molecule has 0 radical (unpaired) electrons. The molecule has 0 saturated heterocycles. The number of rotatable bonds is 1. The average Bonchev–Trinajstić information content (AvgIpc) is 2.54. The minimum atomic E-state index is -0.795. The molecule has 0 spiro atoms. The van der Waals surface area contributed by atoms with Gasteiger partial charge in [-0.05, 0) is 41.0 Å². The minimum absolute atomic E-state index is 0.678. The lowest BCUT2D eigenvalue weighted by Crippen LogP contribution is -2.33. The topological polar surface area (TPSA) is 33.1 Å². The standard InChI is InChI=1S/C19H17NO/c21-19(10-8-14-4-1-2-5-16(14)12-19)18-7-3-6-15-9-11-20-13-17(15)18/h1-7,9,11,13,21H,8,10,12H2. The van der Waals surface area contributed by atoms with Gasteiger partial charge in [0.2, 0.25) is 0 Å². The first kappa shape index (κ1) is 12.5. The zero-order valence-electron chi connectivity index (χ0n) is 11.8. The van der Waals surface area contributed by atoms with Crippen LogP contribution in [0.2, 0.25) is 0 Å². The molecule has 2 heteroatoms. The van der Waals surface area contributed by atoms with Crippen molar-refractivity contribution in [1.29, 1.82) is 0 Å². The zero-order valence-corrected chi connectivity index (χ0v) is 11.8. The molecule has 1 unspecified atom stereocenters. The predicted octanol–water partition coefficient (Wildman–Crippen LogP) is 3.61. The third-order valence-corrected chi connectivity index (χ3v) is 4.59. The van der Waals surface area contributed by atoms with Crippen molar-refractivity contribution in [3.05, 3.63) is 77.6 Å². The van der Waals surface area contributed by atoms with Crippen molar-refractivity contribution in [2.24, 2.45) is 0 Å². The highest BCUT2D eigenvalue weighted by atomic mass is 16.3. The first-order valence-electron chi connectivity index (χ1n) is 7.39. The van der Waals surface area contributed by atoms with E-state index in [-0.39, 0.29) is 0 Å². The van der Waals surface area contributed by atoms with Gasteiger partial charge in [0.25, 0.3) is 0 Å². The molecule has 1 aromatic heterocycles. The molecule has 1 atom stereocenters. The largest absolute Gasteiger partial charge is 0.385 e. The summed E-state index contributed by atoms with van der Waals surface area (Å²) in [5.41, 5.74) is 2.83. The van der Waals surface area contributed by atoms with Gasteiger partial charge in [-0.1, -0.05) is 42.5 Å². The Bertz CT molecular complexity index is 806. The van der Waals surface area contributed by atoms with Crippen LogP contribution in [0.3, 0.4) is 0 Å². The monoisotopic (exact) mass is 275 g/mol. The van der Waals surface area contributed by atoms with Crippen molar-refractivity contribution < 1.29 is 5.11 Å². The number of aliphatic hydroxyl groups is 1. The lowest BCUT2D eigenvalue weighted by molar-refractivity contribution is 0.0237. The molecule has 0 saturated carbocycles. The fourth-order valence-electron chi connectivity index (χ4n) is 3.47. The van der Waals surface area contributed by atoms with Crippen LogP contribution in [-0.2, 0) is 18.4 Å². The van der Waals surface area contributed by atoms with Gasteiger partial charge in [0.05, 0.1) is 5.60 Å². The molecular weight excluding hydrogens is 258 g/mol. The Balaban J connectivity index is 1.85. The lowest BCUT2D eigenvalue weighted by Gasteiger charge is -2.34. The number of fused-ring (bicyclic) bond motifs is 2. The Morgan fingerprint density at radius 3 is 2.71 bits per heavy atom. The Labute approximate surface area is 124 Å². The number of pyridine rings is 1. The second-order valence-electron chi connectivity index (χ2n) is 5.88. The summed E-state index contributed by atoms with van der Waals surface area (Å²) >= 11 is 0. The highest BCUT2D eigenvalue weighted by molar-refractivity contribution is 5.85. The smallest absolute Gasteiger partial charge is 0.0946 e. The van der Waals surface area contributed by atoms with Crippen LogP contribution in [0.1, 0.15) is 23.1 Å². The van der Waals surface area contributed by atoms with Crippen LogP contribution < -0.4 is 0 Å². The Morgan fingerprint density at radius 1 is 0.952 bits per heavy atom. The van der Waals surface area contributed by atoms with Crippen molar-refractivity contribution in [2.45, 2.75) is 24.9 Å². The van der Waals surface area contributed by atoms with Gasteiger partial charge in [0.1, 0.15) is 0 Å². The van der Waals surface area contributed by atoms with Crippen molar-refractivity contribution >= 4 is 10.8 Å². The average molecular weight is 275 g/mol. The van der Waals surface area contributed by atoms with E-state index < -0.39 is 5.60 Å². The Kier molecular flexibility index (Phi) is 2.79. The summed E-state index contributed by atoms with van der Waals surface area (Å²) in [6, 6.07) is 16.6. The molecule has 0 amide bonds. The van der Waals surface area contributed by atoms with E-state index in [9.17, 15) is 5.11 Å². The fourth-order valence-corrected chi connectivity index (χ4v) is 3.47. The SMILES string of the molecule is OC1(c2cccc3ccncc23)CCc2ccccc2C1. The van der Waals surface area contributed by atoms with Gasteiger partial charge in [-0.15, -0.1) is 0 Å². The maximum atomic E-state index is 11.3. The summed E-state index contributed by atoms with van der Waals surface area (Å²) in [7, 11) is 0. The molecule has 1 heterocycles. The van der Waals surface area contributed by atoms with E-state index >= 15 is 0 Å². The van der Waals surface area contributed by atoms with E-state index in [1.165, 1.54) is 11.1 Å². The summed E-state index contributed by atoms with van der Waals surface area (Å²) in [6.45, 7) is 0. The van der Waals surface area contributed by atoms with E-state index in [2.05, 4.69) is 35.3 Å². The van der Waals surface area contributed by atoms with Gasteiger partial charge in [0, 0.05) is 24.2 Å². The zero-order chi connectivity index (χ0) is 14.3. The molecule has 3 aromatic rings. The van der Waals surface area contributed by atoms with E-state index in [1.807, 2.05) is 24.4 Å². The van der Waals surface area contributed by atoms with Gasteiger partial charge in [0.15, 0.2) is 0 Å². The van der Waals surface area contributed by atoms with Crippen molar-refractivity contribution in [1.82, 2.24) is 4.98 Å². The lowest BCUT2D eigenvalue weighted by atomic mass is 9.75. The first-order chi connectivity index (χ1) is 10.3. The molecular formula is C19H17NO. The Morgan fingerprint density at radius 2 is 1.81 bits per heavy atom. The van der Waals surface area contributed by atoms with Crippen LogP contribution in [-0.4, -0.2) is 10.1 Å². The number of aromatic nitrogens is 1. The number of aryl methyl sites for hydroxylation is 1. The van der Waals surface area contributed by atoms with Crippen LogP contribution >= 0.6 is 0 Å². The van der Waals surface area contributed by atoms with Crippen molar-refractivity contribution in [3.63, 3.8) is 0 Å². The molecule has 1 N–H and O–H groups in total. The van der Waals surface area contributed by atoms with E-state index in [0.717, 1.165) is 29.2 Å². The van der Waals surface area contributed by atoms with Gasteiger partial charge in [-0.2, -0.15) is 0 Å². The van der Waals surface area contributed by atoms with E-state index in [1.54, 1.807) is 6.20 Å². The summed E-state index contributed by atoms with van der Waals surface area (Å²) in [6.07, 6.45) is 6.02. The molecule has 4 rings (SSSR count). The maximum absolute atomic E-state index is 11.3. The van der Waals surface area contributed by atoms with Crippen LogP contribution in [0.4, 0.5) is 0 Å². The van der Waals surface area contributed by atoms with Gasteiger partial charge in [-0.3, -0.25) is 4.98 Å². The molecule has 104 valence electrons. The summed E-state index contributed by atoms with van der Waals surface area (Å²) in [4.78, 5) is 4.23. The van der Waals surface area contributed by atoms with Crippen LogP contribution in [0.25, 0.3) is 10.8 Å². The molecule has 2 aromatic carbocycles. The molecule has 0 bridgehead atoms. The summed E-state index contributed by atoms with van der Waals surface area (Å²) < 4.78 is 0. The summed E-state index contributed by atoms with van der Waals surface area (Å²) in [5, 5.41) is 13.5. The van der Waals surface area contributed by atoms with E-state index in [4.69, 9.17) is 0 Å². The molecule has 0 aliphatic heterocycles. The van der Waals surface area contributed by atoms with Crippen molar-refractivity contribution in [2.75, 3.05) is 0 Å². The van der Waals surface area contributed by atoms with Gasteiger partial charge in [-0.25, -0.2) is 0 Å². The normalized spacial score (nSPS) is 21.2. The number of hydrogen-bond acceptors (Lipinski definition) is 2. The molecule has 1 aliphatic rings. The second kappa shape index (κ2) is 4.68. The summed E-state index contributed by atoms with van der Waals surface area (Å²) in [5.74, 6) is 0. The van der Waals surface area contributed by atoms with Crippen LogP contribution in [0.15, 0.2) is 60.9 Å². The first-order valence-corrected chi connectivity index (χ1v) is 7.39. The second-order valence-corrected chi connectivity index (χ2v) is 5.88. The van der Waals surface area contributed by atoms with E-state index in [0.29, 0.717) is 6.42 Å². The number of hydrogen-bond donors (Lipinski definition) is 1. The molecule has 1 aliphatic carbocycles.